The van der Waals surface area contributed by atoms with Gasteiger partial charge in [0, 0.05) is 13.0 Å². The normalized spacial score (nSPS) is 23.1. The molecule has 2 amide bonds. The highest BCUT2D eigenvalue weighted by Crippen LogP contribution is 2.26. The second-order valence-electron chi connectivity index (χ2n) is 12.4. The van der Waals surface area contributed by atoms with E-state index < -0.39 is 49.1 Å². The Morgan fingerprint density at radius 1 is 0.762 bits per heavy atom. The highest BCUT2D eigenvalue weighted by atomic mass is 16.5. The number of amides is 2. The van der Waals surface area contributed by atoms with E-state index in [0.29, 0.717) is 13.0 Å². The van der Waals surface area contributed by atoms with Gasteiger partial charge in [-0.15, -0.1) is 0 Å². The Bertz CT molecular complexity index is 695. The summed E-state index contributed by atoms with van der Waals surface area (Å²) in [5, 5.41) is 34.0. The number of aliphatic hydroxyl groups excluding tert-OH is 3. The van der Waals surface area contributed by atoms with Crippen LogP contribution in [-0.2, 0) is 14.3 Å². The van der Waals surface area contributed by atoms with Gasteiger partial charge in [-0.2, -0.15) is 0 Å². The van der Waals surface area contributed by atoms with Crippen LogP contribution in [-0.4, -0.2) is 81.8 Å². The van der Waals surface area contributed by atoms with Gasteiger partial charge in [-0.05, 0) is 19.8 Å². The number of ether oxygens (including phenoxy) is 1. The highest BCUT2D eigenvalue weighted by molar-refractivity contribution is 5.81. The molecule has 42 heavy (non-hydrogen) atoms. The summed E-state index contributed by atoms with van der Waals surface area (Å²) < 4.78 is 6.02. The quantitative estimate of drug-likeness (QED) is 0.0936. The van der Waals surface area contributed by atoms with Gasteiger partial charge in [-0.1, -0.05) is 123 Å². The lowest BCUT2D eigenvalue weighted by Gasteiger charge is -2.47. The minimum absolute atomic E-state index is 0.0980. The fourth-order valence-corrected chi connectivity index (χ4v) is 5.71. The third-order valence-electron chi connectivity index (χ3n) is 8.50. The molecule has 6 atom stereocenters. The van der Waals surface area contributed by atoms with Crippen LogP contribution in [0.3, 0.4) is 0 Å². The third kappa shape index (κ3) is 15.5. The molecule has 0 aromatic rings. The monoisotopic (exact) mass is 599 g/mol. The average Bonchev–Trinajstić information content (AvgIpc) is 2.97. The molecule has 1 rings (SSSR count). The number of nitrogens with zero attached hydrogens (tertiary/aromatic N) is 1. The summed E-state index contributed by atoms with van der Waals surface area (Å²) in [5.41, 5.74) is 5.76. The summed E-state index contributed by atoms with van der Waals surface area (Å²) in [6.07, 6.45) is 17.5. The zero-order valence-electron chi connectivity index (χ0n) is 27.1. The smallest absolute Gasteiger partial charge is 0.237 e. The number of carbonyl (C=O) groups excluding carboxylic acids is 2. The van der Waals surface area contributed by atoms with Crippen LogP contribution in [0.5, 0.6) is 0 Å². The van der Waals surface area contributed by atoms with E-state index >= 15 is 0 Å². The molecule has 0 spiro atoms. The van der Waals surface area contributed by atoms with Crippen LogP contribution in [0.1, 0.15) is 149 Å². The van der Waals surface area contributed by atoms with Gasteiger partial charge in [0.05, 0.1) is 12.6 Å². The van der Waals surface area contributed by atoms with E-state index in [1.807, 2.05) is 0 Å². The predicted molar refractivity (Wildman–Crippen MR) is 169 cm³/mol. The Morgan fingerprint density at radius 3 is 1.67 bits per heavy atom. The Labute approximate surface area is 256 Å². The zero-order valence-corrected chi connectivity index (χ0v) is 27.1. The van der Waals surface area contributed by atoms with Gasteiger partial charge in [0.15, 0.2) is 6.23 Å². The lowest BCUT2D eigenvalue weighted by Crippen LogP contribution is -2.69. The number of unbranched alkanes of at least 4 members (excludes halogenated alkanes) is 17. The molecule has 0 aromatic carbocycles. The van der Waals surface area contributed by atoms with Crippen molar-refractivity contribution in [1.29, 1.82) is 0 Å². The molecule has 1 aliphatic rings. The fourth-order valence-electron chi connectivity index (χ4n) is 5.71. The van der Waals surface area contributed by atoms with Crippen molar-refractivity contribution in [3.05, 3.63) is 0 Å². The lowest BCUT2D eigenvalue weighted by molar-refractivity contribution is -0.231. The third-order valence-corrected chi connectivity index (χ3v) is 8.50. The molecule has 6 N–H and O–H groups in total. The maximum absolute atomic E-state index is 13.6. The Balaban J connectivity index is 2.79. The number of aliphatic hydroxyl groups is 3. The molecule has 1 saturated heterocycles. The van der Waals surface area contributed by atoms with E-state index in [0.717, 1.165) is 38.5 Å². The fraction of sp³-hybridized carbons (Fsp3) is 0.939. The van der Waals surface area contributed by atoms with Gasteiger partial charge in [0.1, 0.15) is 24.4 Å². The van der Waals surface area contributed by atoms with E-state index in [1.54, 1.807) is 4.90 Å². The zero-order chi connectivity index (χ0) is 31.2. The van der Waals surface area contributed by atoms with Crippen LogP contribution < -0.4 is 11.1 Å². The molecule has 9 nitrogen and oxygen atoms in total. The molecule has 1 aliphatic heterocycles. The van der Waals surface area contributed by atoms with Crippen molar-refractivity contribution in [3.8, 4) is 0 Å². The average molecular weight is 600 g/mol. The number of nitrogens with one attached hydrogen (secondary N) is 1. The molecular formula is C33H65N3O6. The van der Waals surface area contributed by atoms with Crippen LogP contribution in [0.4, 0.5) is 0 Å². The minimum atomic E-state index is -1.42. The number of hydrogen-bond acceptors (Lipinski definition) is 7. The largest absolute Gasteiger partial charge is 0.394 e. The molecule has 248 valence electrons. The minimum Gasteiger partial charge on any atom is -0.394 e. The van der Waals surface area contributed by atoms with Gasteiger partial charge in [-0.25, -0.2) is 0 Å². The van der Waals surface area contributed by atoms with E-state index in [2.05, 4.69) is 19.2 Å². The van der Waals surface area contributed by atoms with Crippen molar-refractivity contribution in [2.24, 2.45) is 5.73 Å². The Morgan fingerprint density at radius 2 is 1.21 bits per heavy atom. The van der Waals surface area contributed by atoms with Crippen molar-refractivity contribution in [2.45, 2.75) is 186 Å². The van der Waals surface area contributed by atoms with Gasteiger partial charge in [-0.3, -0.25) is 9.59 Å². The number of carbonyl (C=O) groups is 2. The van der Waals surface area contributed by atoms with Crippen molar-refractivity contribution in [1.82, 2.24) is 10.2 Å². The van der Waals surface area contributed by atoms with Gasteiger partial charge in [0.2, 0.25) is 11.8 Å². The number of rotatable bonds is 25. The molecule has 1 heterocycles. The standard InChI is InChI=1S/C33H65N3O6/c1-4-6-8-10-12-14-16-18-20-22-24-36(28(38)23-21-19-17-15-13-11-9-7-5-2)33-29(35-32(41)26(3)34)31(40)30(39)27(25-37)42-33/h26-27,29-31,33,37,39-40H,4-25,34H2,1-3H3,(H,35,41)/t26-,27-,29+,30-,31-,33-/m1/s1. The molecule has 0 aromatic heterocycles. The maximum atomic E-state index is 13.6. The first kappa shape index (κ1) is 38.8. The SMILES string of the molecule is CCCCCCCCCCCCN(C(=O)CCCCCCCCCCC)[C@@H]1O[C@H](CO)[C@@H](O)[C@H](O)[C@@H]1NC(=O)[C@@H](C)N. The van der Waals surface area contributed by atoms with Crippen molar-refractivity contribution in [2.75, 3.05) is 13.2 Å². The summed E-state index contributed by atoms with van der Waals surface area (Å²) in [6, 6.07) is -1.89. The van der Waals surface area contributed by atoms with Gasteiger partial charge in [0.25, 0.3) is 0 Å². The first-order valence-electron chi connectivity index (χ1n) is 17.3. The molecule has 0 unspecified atom stereocenters. The number of nitrogens with two attached hydrogens (primary N) is 1. The first-order valence-corrected chi connectivity index (χ1v) is 17.3. The molecule has 0 saturated carbocycles. The lowest BCUT2D eigenvalue weighted by atomic mass is 9.94. The van der Waals surface area contributed by atoms with E-state index in [-0.39, 0.29) is 5.91 Å². The molecule has 0 radical (unpaired) electrons. The second-order valence-corrected chi connectivity index (χ2v) is 12.4. The van der Waals surface area contributed by atoms with Crippen molar-refractivity contribution >= 4 is 11.8 Å². The molecular weight excluding hydrogens is 534 g/mol. The highest BCUT2D eigenvalue weighted by Gasteiger charge is 2.48. The van der Waals surface area contributed by atoms with Crippen molar-refractivity contribution < 1.29 is 29.6 Å². The molecule has 0 aliphatic carbocycles. The summed E-state index contributed by atoms with van der Waals surface area (Å²) in [6.45, 7) is 5.88. The molecule has 1 fully saturated rings. The van der Waals surface area contributed by atoms with Crippen LogP contribution in [0.15, 0.2) is 0 Å². The molecule has 9 heteroatoms. The van der Waals surface area contributed by atoms with Gasteiger partial charge < -0.3 is 36.0 Å². The second kappa shape index (κ2) is 24.1. The number of hydrogen-bond donors (Lipinski definition) is 5. The maximum Gasteiger partial charge on any atom is 0.237 e. The van der Waals surface area contributed by atoms with Gasteiger partial charge >= 0.3 is 0 Å². The van der Waals surface area contributed by atoms with Crippen LogP contribution in [0.2, 0.25) is 0 Å². The molecule has 0 bridgehead atoms. The first-order chi connectivity index (χ1) is 20.3. The van der Waals surface area contributed by atoms with E-state index in [1.165, 1.54) is 90.4 Å². The summed E-state index contributed by atoms with van der Waals surface area (Å²) in [7, 11) is 0. The van der Waals surface area contributed by atoms with Crippen molar-refractivity contribution in [3.63, 3.8) is 0 Å². The van der Waals surface area contributed by atoms with E-state index in [9.17, 15) is 24.9 Å². The summed E-state index contributed by atoms with van der Waals surface area (Å²) >= 11 is 0. The topological polar surface area (TPSA) is 145 Å². The Hall–Kier alpha value is -1.26. The van der Waals surface area contributed by atoms with Crippen LogP contribution >= 0.6 is 0 Å². The predicted octanol–water partition coefficient (Wildman–Crippen LogP) is 4.93. The van der Waals surface area contributed by atoms with Crippen LogP contribution in [0, 0.1) is 0 Å². The van der Waals surface area contributed by atoms with Crippen LogP contribution in [0.25, 0.3) is 0 Å². The summed E-state index contributed by atoms with van der Waals surface area (Å²) in [5.74, 6) is -0.605. The summed E-state index contributed by atoms with van der Waals surface area (Å²) in [4.78, 5) is 27.7. The van der Waals surface area contributed by atoms with E-state index in [4.69, 9.17) is 10.5 Å². The Kier molecular flexibility index (Phi) is 22.2.